The van der Waals surface area contributed by atoms with Crippen LogP contribution < -0.4 is 16.0 Å². The van der Waals surface area contributed by atoms with Crippen molar-refractivity contribution in [2.45, 2.75) is 44.3 Å². The van der Waals surface area contributed by atoms with Crippen molar-refractivity contribution < 1.29 is 18.0 Å². The molecule has 3 N–H and O–H groups in total. The van der Waals surface area contributed by atoms with E-state index in [9.17, 15) is 18.0 Å². The molecule has 8 heteroatoms. The number of nitrogens with one attached hydrogen (secondary N) is 3. The second kappa shape index (κ2) is 9.62. The van der Waals surface area contributed by atoms with Gasteiger partial charge in [0, 0.05) is 32.2 Å². The average molecular weight is 384 g/mol. The van der Waals surface area contributed by atoms with Crippen LogP contribution in [0.1, 0.15) is 41.6 Å². The van der Waals surface area contributed by atoms with Gasteiger partial charge in [0.25, 0.3) is 5.91 Å². The highest BCUT2D eigenvalue weighted by Crippen LogP contribution is 2.37. The van der Waals surface area contributed by atoms with Gasteiger partial charge in [-0.1, -0.05) is 18.6 Å². The number of alkyl halides is 3. The smallest absolute Gasteiger partial charge is 0.356 e. The summed E-state index contributed by atoms with van der Waals surface area (Å²) < 4.78 is 38.8. The van der Waals surface area contributed by atoms with Crippen LogP contribution in [0.25, 0.3) is 0 Å². The molecule has 2 rings (SSSR count). The molecule has 1 amide bonds. The van der Waals surface area contributed by atoms with Crippen LogP contribution in [0.15, 0.2) is 29.3 Å². The zero-order chi connectivity index (χ0) is 19.9. The van der Waals surface area contributed by atoms with E-state index in [2.05, 4.69) is 20.9 Å². The van der Waals surface area contributed by atoms with E-state index >= 15 is 0 Å². The SMILES string of the molecule is CN=C(NCCc1cccc(C(=O)NC)c1)NC1CCCC(C(F)(F)F)C1. The van der Waals surface area contributed by atoms with Gasteiger partial charge in [-0.25, -0.2) is 0 Å². The monoisotopic (exact) mass is 384 g/mol. The molecule has 0 heterocycles. The second-order valence-corrected chi connectivity index (χ2v) is 6.77. The minimum absolute atomic E-state index is 0.0817. The zero-order valence-electron chi connectivity index (χ0n) is 15.7. The number of carbonyl (C=O) groups excluding carboxylic acids is 1. The van der Waals surface area contributed by atoms with Gasteiger partial charge in [0.2, 0.25) is 0 Å². The van der Waals surface area contributed by atoms with Gasteiger partial charge < -0.3 is 16.0 Å². The Morgan fingerprint density at radius 2 is 2.07 bits per heavy atom. The van der Waals surface area contributed by atoms with E-state index in [-0.39, 0.29) is 24.8 Å². The maximum atomic E-state index is 12.9. The molecule has 1 fully saturated rings. The van der Waals surface area contributed by atoms with E-state index in [0.29, 0.717) is 37.3 Å². The topological polar surface area (TPSA) is 65.5 Å². The standard InChI is InChI=1S/C19H27F3N4O/c1-23-17(27)14-6-3-5-13(11-14)9-10-25-18(24-2)26-16-8-4-7-15(12-16)19(20,21)22/h3,5-6,11,15-16H,4,7-10,12H2,1-2H3,(H,23,27)(H2,24,25,26). The van der Waals surface area contributed by atoms with Gasteiger partial charge in [0.1, 0.15) is 0 Å². The van der Waals surface area contributed by atoms with E-state index in [1.165, 1.54) is 0 Å². The number of guanidine groups is 1. The number of hydrogen-bond acceptors (Lipinski definition) is 2. The Labute approximate surface area is 157 Å². The first-order valence-electron chi connectivity index (χ1n) is 9.18. The zero-order valence-corrected chi connectivity index (χ0v) is 15.7. The van der Waals surface area contributed by atoms with Gasteiger partial charge in [-0.3, -0.25) is 9.79 Å². The van der Waals surface area contributed by atoms with Crippen molar-refractivity contribution in [2.75, 3.05) is 20.6 Å². The van der Waals surface area contributed by atoms with E-state index in [0.717, 1.165) is 5.56 Å². The molecule has 1 saturated carbocycles. The van der Waals surface area contributed by atoms with E-state index in [1.54, 1.807) is 20.2 Å². The first-order valence-corrected chi connectivity index (χ1v) is 9.18. The summed E-state index contributed by atoms with van der Waals surface area (Å²) in [5.41, 5.74) is 1.59. The molecule has 0 bridgehead atoms. The number of hydrogen-bond donors (Lipinski definition) is 3. The van der Waals surface area contributed by atoms with Gasteiger partial charge in [0.15, 0.2) is 5.96 Å². The van der Waals surface area contributed by atoms with Gasteiger partial charge in [-0.2, -0.15) is 13.2 Å². The Balaban J connectivity index is 1.83. The highest BCUT2D eigenvalue weighted by molar-refractivity contribution is 5.94. The molecule has 0 radical (unpaired) electrons. The first kappa shape index (κ1) is 21.1. The molecule has 1 aliphatic rings. The predicted octanol–water partition coefficient (Wildman–Crippen LogP) is 2.87. The second-order valence-electron chi connectivity index (χ2n) is 6.77. The number of halogens is 3. The highest BCUT2D eigenvalue weighted by Gasteiger charge is 2.42. The van der Waals surface area contributed by atoms with Crippen LogP contribution >= 0.6 is 0 Å². The van der Waals surface area contributed by atoms with Gasteiger partial charge >= 0.3 is 6.18 Å². The van der Waals surface area contributed by atoms with Crippen LogP contribution in [0.4, 0.5) is 13.2 Å². The lowest BCUT2D eigenvalue weighted by atomic mass is 9.85. The Bertz CT molecular complexity index is 661. The van der Waals surface area contributed by atoms with Crippen LogP contribution in [0, 0.1) is 5.92 Å². The third-order valence-electron chi connectivity index (χ3n) is 4.82. The molecule has 0 aliphatic heterocycles. The lowest BCUT2D eigenvalue weighted by Gasteiger charge is -2.31. The Kier molecular flexibility index (Phi) is 7.50. The summed E-state index contributed by atoms with van der Waals surface area (Å²) in [5.74, 6) is -0.876. The van der Waals surface area contributed by atoms with E-state index in [4.69, 9.17) is 0 Å². The van der Waals surface area contributed by atoms with Gasteiger partial charge in [-0.15, -0.1) is 0 Å². The predicted molar refractivity (Wildman–Crippen MR) is 99.8 cm³/mol. The summed E-state index contributed by atoms with van der Waals surface area (Å²) >= 11 is 0. The number of carbonyl (C=O) groups is 1. The summed E-state index contributed by atoms with van der Waals surface area (Å²) in [6.07, 6.45) is -1.91. The summed E-state index contributed by atoms with van der Waals surface area (Å²) in [5, 5.41) is 8.83. The molecule has 150 valence electrons. The quantitative estimate of drug-likeness (QED) is 0.540. The molecule has 1 aliphatic carbocycles. The number of benzene rings is 1. The molecular formula is C19H27F3N4O. The Morgan fingerprint density at radius 3 is 2.74 bits per heavy atom. The van der Waals surface area contributed by atoms with E-state index in [1.807, 2.05) is 18.2 Å². The van der Waals surface area contributed by atoms with Crippen molar-refractivity contribution >= 4 is 11.9 Å². The molecule has 0 spiro atoms. The van der Waals surface area contributed by atoms with Crippen LogP contribution in [0.5, 0.6) is 0 Å². The summed E-state index contributed by atoms with van der Waals surface area (Å²) in [4.78, 5) is 15.8. The van der Waals surface area contributed by atoms with Crippen LogP contribution in [0.3, 0.4) is 0 Å². The molecule has 0 saturated heterocycles. The molecule has 2 atom stereocenters. The van der Waals surface area contributed by atoms with Crippen molar-refractivity contribution in [1.82, 2.24) is 16.0 Å². The van der Waals surface area contributed by atoms with Crippen LogP contribution in [0.2, 0.25) is 0 Å². The fourth-order valence-corrected chi connectivity index (χ4v) is 3.34. The third kappa shape index (κ3) is 6.45. The van der Waals surface area contributed by atoms with Crippen molar-refractivity contribution in [3.8, 4) is 0 Å². The maximum absolute atomic E-state index is 12.9. The summed E-state index contributed by atoms with van der Waals surface area (Å²) in [6, 6.07) is 7.10. The molecule has 5 nitrogen and oxygen atoms in total. The Hall–Kier alpha value is -2.25. The molecule has 1 aromatic rings. The van der Waals surface area contributed by atoms with Crippen molar-refractivity contribution in [2.24, 2.45) is 10.9 Å². The molecule has 2 unspecified atom stereocenters. The largest absolute Gasteiger partial charge is 0.391 e. The van der Waals surface area contributed by atoms with Crippen molar-refractivity contribution in [1.29, 1.82) is 0 Å². The number of rotatable bonds is 5. The average Bonchev–Trinajstić information content (AvgIpc) is 2.66. The maximum Gasteiger partial charge on any atom is 0.391 e. The number of aliphatic imine (C=N–C) groups is 1. The summed E-state index contributed by atoms with van der Waals surface area (Å²) in [7, 11) is 3.19. The molecule has 1 aromatic carbocycles. The molecular weight excluding hydrogens is 357 g/mol. The fraction of sp³-hybridized carbons (Fsp3) is 0.579. The Morgan fingerprint density at radius 1 is 1.30 bits per heavy atom. The molecule has 27 heavy (non-hydrogen) atoms. The normalized spacial score (nSPS) is 20.9. The number of nitrogens with zero attached hydrogens (tertiary/aromatic N) is 1. The van der Waals surface area contributed by atoms with Gasteiger partial charge in [-0.05, 0) is 43.4 Å². The number of amides is 1. The first-order chi connectivity index (χ1) is 12.8. The van der Waals surface area contributed by atoms with E-state index < -0.39 is 12.1 Å². The van der Waals surface area contributed by atoms with Crippen LogP contribution in [-0.2, 0) is 6.42 Å². The summed E-state index contributed by atoms with van der Waals surface area (Å²) in [6.45, 7) is 0.562. The van der Waals surface area contributed by atoms with Gasteiger partial charge in [0.05, 0.1) is 5.92 Å². The third-order valence-corrected chi connectivity index (χ3v) is 4.82. The van der Waals surface area contributed by atoms with Crippen LogP contribution in [-0.4, -0.2) is 44.7 Å². The molecule has 0 aromatic heterocycles. The fourth-order valence-electron chi connectivity index (χ4n) is 3.34. The lowest BCUT2D eigenvalue weighted by molar-refractivity contribution is -0.183. The highest BCUT2D eigenvalue weighted by atomic mass is 19.4. The van der Waals surface area contributed by atoms with Crippen molar-refractivity contribution in [3.63, 3.8) is 0 Å². The van der Waals surface area contributed by atoms with Crippen molar-refractivity contribution in [3.05, 3.63) is 35.4 Å². The lowest BCUT2D eigenvalue weighted by Crippen LogP contribution is -2.47. The minimum Gasteiger partial charge on any atom is -0.356 e. The minimum atomic E-state index is -4.13.